The van der Waals surface area contributed by atoms with Gasteiger partial charge in [0.05, 0.1) is 28.1 Å². The Kier molecular flexibility index (Phi) is 6.07. The van der Waals surface area contributed by atoms with E-state index in [1.54, 1.807) is 12.1 Å². The molecule has 1 unspecified atom stereocenters. The second kappa shape index (κ2) is 7.93. The van der Waals surface area contributed by atoms with E-state index in [4.69, 9.17) is 11.6 Å². The maximum atomic E-state index is 12.7. The highest BCUT2D eigenvalue weighted by molar-refractivity contribution is 7.92. The number of sulfonamides is 1. The number of hydrogen-bond acceptors (Lipinski definition) is 5. The molecule has 8 nitrogen and oxygen atoms in total. The lowest BCUT2D eigenvalue weighted by Crippen LogP contribution is -2.45. The molecule has 0 heterocycles. The number of halogens is 1. The fraction of sp³-hybridized carbons (Fsp3) is 0.235. The highest BCUT2D eigenvalue weighted by Gasteiger charge is 2.30. The molecule has 0 saturated carbocycles. The number of hydrogen-bond donors (Lipinski definition) is 1. The summed E-state index contributed by atoms with van der Waals surface area (Å²) >= 11 is 5.94. The minimum Gasteiger partial charge on any atom is -0.324 e. The lowest BCUT2D eigenvalue weighted by Gasteiger charge is -2.28. The Balaban J connectivity index is 2.37. The molecule has 1 amide bonds. The van der Waals surface area contributed by atoms with Crippen molar-refractivity contribution in [3.63, 3.8) is 0 Å². The van der Waals surface area contributed by atoms with Gasteiger partial charge in [-0.3, -0.25) is 19.2 Å². The van der Waals surface area contributed by atoms with Crippen LogP contribution < -0.4 is 9.62 Å². The number of nitrogens with zero attached hydrogens (tertiary/aromatic N) is 2. The van der Waals surface area contributed by atoms with Crippen LogP contribution in [0.3, 0.4) is 0 Å². The fourth-order valence-corrected chi connectivity index (χ4v) is 3.97. The Bertz CT molecular complexity index is 994. The second-order valence-electron chi connectivity index (χ2n) is 5.91. The number of nitrogens with one attached hydrogen (secondary N) is 1. The summed E-state index contributed by atoms with van der Waals surface area (Å²) in [6.07, 6.45) is 0.982. The molecule has 2 rings (SSSR count). The molecule has 0 aromatic heterocycles. The van der Waals surface area contributed by atoms with Gasteiger partial charge < -0.3 is 5.32 Å². The van der Waals surface area contributed by atoms with Crippen molar-refractivity contribution in [2.24, 2.45) is 0 Å². The number of rotatable bonds is 6. The molecular weight excluding hydrogens is 394 g/mol. The van der Waals surface area contributed by atoms with E-state index in [1.165, 1.54) is 44.2 Å². The van der Waals surface area contributed by atoms with E-state index in [-0.39, 0.29) is 22.6 Å². The number of amides is 1. The smallest absolute Gasteiger partial charge is 0.274 e. The van der Waals surface area contributed by atoms with Gasteiger partial charge in [0, 0.05) is 11.1 Å². The summed E-state index contributed by atoms with van der Waals surface area (Å²) in [5, 5.41) is 13.9. The zero-order valence-electron chi connectivity index (χ0n) is 14.8. The summed E-state index contributed by atoms with van der Waals surface area (Å²) < 4.78 is 25.5. The molecule has 1 N–H and O–H groups in total. The zero-order valence-corrected chi connectivity index (χ0v) is 16.4. The molecule has 0 aliphatic carbocycles. The van der Waals surface area contributed by atoms with Crippen LogP contribution in [0, 0.1) is 17.0 Å². The van der Waals surface area contributed by atoms with E-state index in [1.807, 2.05) is 0 Å². The molecule has 0 bridgehead atoms. The van der Waals surface area contributed by atoms with Crippen LogP contribution in [0.5, 0.6) is 0 Å². The zero-order chi connectivity index (χ0) is 20.4. The molecule has 0 spiro atoms. The predicted octanol–water partition coefficient (Wildman–Crippen LogP) is 3.35. The van der Waals surface area contributed by atoms with Crippen LogP contribution in [0.25, 0.3) is 0 Å². The summed E-state index contributed by atoms with van der Waals surface area (Å²) in [7, 11) is -3.80. The predicted molar refractivity (Wildman–Crippen MR) is 105 cm³/mol. The molecule has 0 saturated heterocycles. The number of nitro groups is 1. The fourth-order valence-electron chi connectivity index (χ4n) is 2.62. The van der Waals surface area contributed by atoms with E-state index < -0.39 is 26.9 Å². The Morgan fingerprint density at radius 2 is 1.89 bits per heavy atom. The number of anilines is 2. The monoisotopic (exact) mass is 411 g/mol. The first kappa shape index (κ1) is 20.7. The molecule has 0 fully saturated rings. The largest absolute Gasteiger partial charge is 0.324 e. The minimum atomic E-state index is -3.80. The Labute approximate surface area is 162 Å². The van der Waals surface area contributed by atoms with E-state index >= 15 is 0 Å². The molecule has 1 atom stereocenters. The summed E-state index contributed by atoms with van der Waals surface area (Å²) in [4.78, 5) is 23.2. The molecule has 0 radical (unpaired) electrons. The number of benzene rings is 2. The lowest BCUT2D eigenvalue weighted by atomic mass is 10.1. The van der Waals surface area contributed by atoms with Crippen molar-refractivity contribution in [2.75, 3.05) is 15.9 Å². The first-order chi connectivity index (χ1) is 12.5. The Morgan fingerprint density at radius 3 is 2.44 bits per heavy atom. The van der Waals surface area contributed by atoms with Gasteiger partial charge in [0.15, 0.2) is 0 Å². The lowest BCUT2D eigenvalue weighted by molar-refractivity contribution is -0.385. The normalized spacial score (nSPS) is 12.3. The summed E-state index contributed by atoms with van der Waals surface area (Å²) in [6, 6.07) is 9.28. The van der Waals surface area contributed by atoms with E-state index in [0.717, 1.165) is 10.6 Å². The van der Waals surface area contributed by atoms with Gasteiger partial charge in [0.2, 0.25) is 15.9 Å². The second-order valence-corrected chi connectivity index (χ2v) is 8.21. The molecule has 27 heavy (non-hydrogen) atoms. The first-order valence-corrected chi connectivity index (χ1v) is 10.0. The van der Waals surface area contributed by atoms with Gasteiger partial charge in [0.1, 0.15) is 6.04 Å². The van der Waals surface area contributed by atoms with Crippen molar-refractivity contribution in [3.8, 4) is 0 Å². The maximum Gasteiger partial charge on any atom is 0.274 e. The third-order valence-corrected chi connectivity index (χ3v) is 5.39. The Hall–Kier alpha value is -2.65. The first-order valence-electron chi connectivity index (χ1n) is 7.82. The average molecular weight is 412 g/mol. The third-order valence-electron chi connectivity index (χ3n) is 3.91. The van der Waals surface area contributed by atoms with Crippen molar-refractivity contribution in [1.29, 1.82) is 0 Å². The minimum absolute atomic E-state index is 0.143. The van der Waals surface area contributed by atoms with Gasteiger partial charge in [0.25, 0.3) is 5.69 Å². The topological polar surface area (TPSA) is 110 Å². The summed E-state index contributed by atoms with van der Waals surface area (Å²) in [5.74, 6) is -0.635. The van der Waals surface area contributed by atoms with Crippen LogP contribution in [0.1, 0.15) is 12.5 Å². The summed E-state index contributed by atoms with van der Waals surface area (Å²) in [6.45, 7) is 2.92. The molecular formula is C17H18ClN3O5S. The molecule has 144 valence electrons. The Morgan fingerprint density at radius 1 is 1.26 bits per heavy atom. The van der Waals surface area contributed by atoms with Crippen LogP contribution in [0.2, 0.25) is 5.02 Å². The van der Waals surface area contributed by atoms with E-state index in [0.29, 0.717) is 5.02 Å². The maximum absolute atomic E-state index is 12.7. The van der Waals surface area contributed by atoms with Gasteiger partial charge in [-0.2, -0.15) is 0 Å². The van der Waals surface area contributed by atoms with Crippen molar-refractivity contribution in [2.45, 2.75) is 19.9 Å². The highest BCUT2D eigenvalue weighted by atomic mass is 35.5. The SMILES string of the molecule is Cc1c(NC(=O)C(C)N(c2cccc(Cl)c2)S(C)(=O)=O)cccc1[N+](=O)[O-]. The van der Waals surface area contributed by atoms with Crippen LogP contribution in [-0.2, 0) is 14.8 Å². The molecule has 10 heteroatoms. The standard InChI is InChI=1S/C17H18ClN3O5S/c1-11-15(8-5-9-16(11)21(23)24)19-17(22)12(2)20(27(3,25)26)14-7-4-6-13(18)10-14/h4-10,12H,1-3H3,(H,19,22). The third kappa shape index (κ3) is 4.75. The van der Waals surface area contributed by atoms with Gasteiger partial charge >= 0.3 is 0 Å². The average Bonchev–Trinajstić information content (AvgIpc) is 2.55. The quantitative estimate of drug-likeness (QED) is 0.579. The van der Waals surface area contributed by atoms with E-state index in [2.05, 4.69) is 5.32 Å². The number of carbonyl (C=O) groups excluding carboxylic acids is 1. The van der Waals surface area contributed by atoms with Crippen molar-refractivity contribution < 1.29 is 18.1 Å². The van der Waals surface area contributed by atoms with Gasteiger partial charge in [-0.15, -0.1) is 0 Å². The van der Waals surface area contributed by atoms with Crippen molar-refractivity contribution in [1.82, 2.24) is 0 Å². The molecule has 2 aromatic carbocycles. The van der Waals surface area contributed by atoms with Crippen LogP contribution in [0.15, 0.2) is 42.5 Å². The molecule has 0 aliphatic rings. The van der Waals surface area contributed by atoms with Crippen LogP contribution in [-0.4, -0.2) is 31.5 Å². The molecule has 2 aromatic rings. The van der Waals surface area contributed by atoms with Crippen LogP contribution >= 0.6 is 11.6 Å². The van der Waals surface area contributed by atoms with Crippen molar-refractivity contribution >= 4 is 44.6 Å². The van der Waals surface area contributed by atoms with Crippen LogP contribution in [0.4, 0.5) is 17.1 Å². The van der Waals surface area contributed by atoms with Gasteiger partial charge in [-0.05, 0) is 38.1 Å². The number of carbonyl (C=O) groups is 1. The van der Waals surface area contributed by atoms with Gasteiger partial charge in [-0.25, -0.2) is 8.42 Å². The van der Waals surface area contributed by atoms with E-state index in [9.17, 15) is 23.3 Å². The number of nitro benzene ring substituents is 1. The van der Waals surface area contributed by atoms with Gasteiger partial charge in [-0.1, -0.05) is 23.7 Å². The summed E-state index contributed by atoms with van der Waals surface area (Å²) in [5.41, 5.74) is 0.607. The van der Waals surface area contributed by atoms with Crippen molar-refractivity contribution in [3.05, 3.63) is 63.2 Å². The molecule has 0 aliphatic heterocycles. The highest BCUT2D eigenvalue weighted by Crippen LogP contribution is 2.27.